The molecule has 7 atom stereocenters. The van der Waals surface area contributed by atoms with E-state index in [1.807, 2.05) is 7.05 Å². The largest absolute Gasteiger partial charge is 0.380 e. The average Bonchev–Trinajstić information content (AvgIpc) is 3.14. The molecule has 1 amide bonds. The average molecular weight is 455 g/mol. The molecular formula is C18H32ClFN4O4S. The first kappa shape index (κ1) is 23.1. The lowest BCUT2D eigenvalue weighted by atomic mass is 9.76. The zero-order valence-corrected chi connectivity index (χ0v) is 18.5. The Bertz CT molecular complexity index is 685. The van der Waals surface area contributed by atoms with Gasteiger partial charge in [-0.15, -0.1) is 16.4 Å². The fourth-order valence-corrected chi connectivity index (χ4v) is 6.76. The summed E-state index contributed by atoms with van der Waals surface area (Å²) in [6.45, 7) is 1.55. The van der Waals surface area contributed by atoms with E-state index in [2.05, 4.69) is 20.5 Å². The highest BCUT2D eigenvalue weighted by molar-refractivity contribution is 7.90. The van der Waals surface area contributed by atoms with Gasteiger partial charge in [-0.1, -0.05) is 12.8 Å². The van der Waals surface area contributed by atoms with E-state index in [-0.39, 0.29) is 12.0 Å². The molecule has 11 heteroatoms. The normalized spacial score (nSPS) is 39.4. The van der Waals surface area contributed by atoms with Crippen molar-refractivity contribution in [1.29, 1.82) is 0 Å². The van der Waals surface area contributed by atoms with E-state index in [4.69, 9.17) is 16.3 Å². The number of hydrazine groups is 1. The Kier molecular flexibility index (Phi) is 7.77. The standard InChI is InChI=1S/C18H32ClFN4O4S/c1-24-9-14(21-10-24)11-7-12(17(20)13(19)8-11)18(25)22-23-29(26,27)16-6-4-3-5-15(16)28-2/h11-17,21,23H,3-10H2,1-2H3,(H,22,25). The van der Waals surface area contributed by atoms with Crippen molar-refractivity contribution >= 4 is 27.5 Å². The lowest BCUT2D eigenvalue weighted by Gasteiger charge is -2.37. The number of hydrogen-bond acceptors (Lipinski definition) is 6. The predicted octanol–water partition coefficient (Wildman–Crippen LogP) is 0.727. The van der Waals surface area contributed by atoms with E-state index in [1.54, 1.807) is 0 Å². The van der Waals surface area contributed by atoms with Gasteiger partial charge < -0.3 is 4.74 Å². The number of halogens is 2. The molecule has 1 aliphatic heterocycles. The van der Waals surface area contributed by atoms with Crippen molar-refractivity contribution < 1.29 is 22.3 Å². The summed E-state index contributed by atoms with van der Waals surface area (Å²) in [6.07, 6.45) is 1.70. The third kappa shape index (κ3) is 5.40. The summed E-state index contributed by atoms with van der Waals surface area (Å²) in [5.74, 6) is -1.61. The number of nitrogens with zero attached hydrogens (tertiary/aromatic N) is 1. The number of alkyl halides is 2. The Morgan fingerprint density at radius 3 is 2.66 bits per heavy atom. The van der Waals surface area contributed by atoms with Crippen LogP contribution in [0.2, 0.25) is 0 Å². The first-order chi connectivity index (χ1) is 13.7. The minimum atomic E-state index is -3.83. The molecule has 3 aliphatic rings. The first-order valence-electron chi connectivity index (χ1n) is 10.3. The van der Waals surface area contributed by atoms with Gasteiger partial charge >= 0.3 is 0 Å². The van der Waals surface area contributed by atoms with Gasteiger partial charge in [0.1, 0.15) is 11.4 Å². The van der Waals surface area contributed by atoms with Crippen LogP contribution in [-0.2, 0) is 19.6 Å². The van der Waals surface area contributed by atoms with E-state index in [1.165, 1.54) is 7.11 Å². The van der Waals surface area contributed by atoms with E-state index >= 15 is 0 Å². The van der Waals surface area contributed by atoms with Crippen molar-refractivity contribution in [3.8, 4) is 0 Å². The molecule has 0 aromatic carbocycles. The van der Waals surface area contributed by atoms with Crippen LogP contribution >= 0.6 is 11.6 Å². The molecule has 2 aliphatic carbocycles. The quantitative estimate of drug-likeness (QED) is 0.404. The first-order valence-corrected chi connectivity index (χ1v) is 12.2. The highest BCUT2D eigenvalue weighted by atomic mass is 35.5. The molecule has 8 nitrogen and oxygen atoms in total. The fourth-order valence-electron chi connectivity index (χ4n) is 4.83. The zero-order chi connectivity index (χ0) is 21.2. The molecule has 7 unspecified atom stereocenters. The van der Waals surface area contributed by atoms with Gasteiger partial charge in [0.05, 0.1) is 17.4 Å². The highest BCUT2D eigenvalue weighted by Gasteiger charge is 2.45. The number of ether oxygens (including phenoxy) is 1. The Morgan fingerprint density at radius 2 is 2.00 bits per heavy atom. The molecule has 3 fully saturated rings. The van der Waals surface area contributed by atoms with Gasteiger partial charge in [0.2, 0.25) is 15.9 Å². The number of hydrogen-bond donors (Lipinski definition) is 3. The van der Waals surface area contributed by atoms with Gasteiger partial charge in [-0.05, 0) is 38.6 Å². The van der Waals surface area contributed by atoms with Crippen molar-refractivity contribution in [2.24, 2.45) is 11.8 Å². The van der Waals surface area contributed by atoms with Gasteiger partial charge in [-0.2, -0.15) is 0 Å². The van der Waals surface area contributed by atoms with Crippen molar-refractivity contribution in [1.82, 2.24) is 20.5 Å². The van der Waals surface area contributed by atoms with Gasteiger partial charge in [-0.25, -0.2) is 12.8 Å². The number of methoxy groups -OCH3 is 1. The van der Waals surface area contributed by atoms with Gasteiger partial charge in [-0.3, -0.25) is 20.4 Å². The van der Waals surface area contributed by atoms with Crippen LogP contribution in [-0.4, -0.2) is 75.5 Å². The Labute approximate surface area is 177 Å². The highest BCUT2D eigenvalue weighted by Crippen LogP contribution is 2.37. The molecule has 168 valence electrons. The third-order valence-electron chi connectivity index (χ3n) is 6.51. The van der Waals surface area contributed by atoms with Crippen LogP contribution in [0, 0.1) is 11.8 Å². The van der Waals surface area contributed by atoms with E-state index < -0.39 is 44.8 Å². The molecule has 3 N–H and O–H groups in total. The third-order valence-corrected chi connectivity index (χ3v) is 8.65. The molecular weight excluding hydrogens is 423 g/mol. The maximum absolute atomic E-state index is 14.7. The molecule has 3 rings (SSSR count). The van der Waals surface area contributed by atoms with Crippen molar-refractivity contribution in [3.05, 3.63) is 0 Å². The summed E-state index contributed by atoms with van der Waals surface area (Å²) in [5.41, 5.74) is 2.24. The smallest absolute Gasteiger partial charge is 0.241 e. The minimum absolute atomic E-state index is 0.0537. The lowest BCUT2D eigenvalue weighted by molar-refractivity contribution is -0.129. The zero-order valence-electron chi connectivity index (χ0n) is 16.9. The van der Waals surface area contributed by atoms with Crippen LogP contribution in [0.3, 0.4) is 0 Å². The number of carbonyl (C=O) groups excluding carboxylic acids is 1. The van der Waals surface area contributed by atoms with E-state index in [0.29, 0.717) is 25.7 Å². The Morgan fingerprint density at radius 1 is 1.28 bits per heavy atom. The number of likely N-dealkylation sites (N-methyl/N-ethyl adjacent to an activating group) is 1. The summed E-state index contributed by atoms with van der Waals surface area (Å²) >= 11 is 6.21. The van der Waals surface area contributed by atoms with Crippen LogP contribution < -0.4 is 15.6 Å². The van der Waals surface area contributed by atoms with E-state index in [9.17, 15) is 17.6 Å². The summed E-state index contributed by atoms with van der Waals surface area (Å²) in [7, 11) is -0.349. The summed E-state index contributed by atoms with van der Waals surface area (Å²) in [5, 5.41) is 1.86. The molecule has 0 spiro atoms. The molecule has 0 radical (unpaired) electrons. The number of carbonyl (C=O) groups is 1. The van der Waals surface area contributed by atoms with Crippen molar-refractivity contribution in [3.63, 3.8) is 0 Å². The van der Waals surface area contributed by atoms with Gasteiger partial charge in [0.25, 0.3) is 0 Å². The molecule has 2 saturated carbocycles. The maximum atomic E-state index is 14.7. The summed E-state index contributed by atoms with van der Waals surface area (Å²) in [4.78, 5) is 17.0. The summed E-state index contributed by atoms with van der Waals surface area (Å²) < 4.78 is 45.3. The molecule has 29 heavy (non-hydrogen) atoms. The second kappa shape index (κ2) is 9.74. The molecule has 0 aromatic rings. The van der Waals surface area contributed by atoms with Crippen LogP contribution in [0.25, 0.3) is 0 Å². The van der Waals surface area contributed by atoms with Gasteiger partial charge in [0.15, 0.2) is 0 Å². The van der Waals surface area contributed by atoms with Crippen molar-refractivity contribution in [2.45, 2.75) is 67.5 Å². The molecule has 0 bridgehead atoms. The summed E-state index contributed by atoms with van der Waals surface area (Å²) in [6, 6.07) is 0.144. The van der Waals surface area contributed by atoms with E-state index in [0.717, 1.165) is 26.1 Å². The number of rotatable bonds is 6. The Hall–Kier alpha value is -0.520. The number of sulfonamides is 1. The fraction of sp³-hybridized carbons (Fsp3) is 0.944. The topological polar surface area (TPSA) is 99.8 Å². The molecule has 1 heterocycles. The minimum Gasteiger partial charge on any atom is -0.380 e. The SMILES string of the molecule is COC1CCCCC1S(=O)(=O)NNC(=O)C1CC(C2CN(C)CN2)CC(Cl)C1F. The predicted molar refractivity (Wildman–Crippen MR) is 108 cm³/mol. The van der Waals surface area contributed by atoms with Gasteiger partial charge in [0, 0.05) is 26.4 Å². The van der Waals surface area contributed by atoms with Crippen LogP contribution in [0.5, 0.6) is 0 Å². The second-order valence-electron chi connectivity index (χ2n) is 8.54. The monoisotopic (exact) mass is 454 g/mol. The molecule has 1 saturated heterocycles. The maximum Gasteiger partial charge on any atom is 0.241 e. The number of amides is 1. The lowest BCUT2D eigenvalue weighted by Crippen LogP contribution is -2.55. The second-order valence-corrected chi connectivity index (χ2v) is 11.0. The van der Waals surface area contributed by atoms with Crippen LogP contribution in [0.1, 0.15) is 38.5 Å². The Balaban J connectivity index is 1.61. The van der Waals surface area contributed by atoms with Crippen molar-refractivity contribution in [2.75, 3.05) is 27.4 Å². The van der Waals surface area contributed by atoms with Crippen LogP contribution in [0.4, 0.5) is 4.39 Å². The number of nitrogens with one attached hydrogen (secondary N) is 3. The van der Waals surface area contributed by atoms with Crippen LogP contribution in [0.15, 0.2) is 0 Å². The molecule has 0 aromatic heterocycles.